The maximum atomic E-state index is 13.6. The molecule has 5 nitrogen and oxygen atoms in total. The van der Waals surface area contributed by atoms with Crippen molar-refractivity contribution in [1.29, 1.82) is 0 Å². The fraction of sp³-hybridized carbons (Fsp3) is 0.333. The first-order valence-corrected chi connectivity index (χ1v) is 11.2. The monoisotopic (exact) mass is 430 g/mol. The predicted octanol–water partition coefficient (Wildman–Crippen LogP) is 5.73. The van der Waals surface area contributed by atoms with E-state index in [0.717, 1.165) is 51.9 Å². The number of aromatic nitrogens is 2. The van der Waals surface area contributed by atoms with Crippen molar-refractivity contribution >= 4 is 21.7 Å². The van der Waals surface area contributed by atoms with Gasteiger partial charge in [0.15, 0.2) is 0 Å². The minimum Gasteiger partial charge on any atom is -0.497 e. The lowest BCUT2D eigenvalue weighted by Gasteiger charge is -2.16. The van der Waals surface area contributed by atoms with Crippen LogP contribution in [0.4, 0.5) is 0 Å². The van der Waals surface area contributed by atoms with E-state index in [0.29, 0.717) is 24.5 Å². The Morgan fingerprint density at radius 2 is 1.75 bits per heavy atom. The smallest absolute Gasteiger partial charge is 0.261 e. The molecule has 0 atom stereocenters. The van der Waals surface area contributed by atoms with Crippen LogP contribution in [0.2, 0.25) is 0 Å². The number of hydrogen-bond acceptors (Lipinski definition) is 4. The molecule has 32 heavy (non-hydrogen) atoms. The Bertz CT molecular complexity index is 1290. The molecular weight excluding hydrogens is 400 g/mol. The van der Waals surface area contributed by atoms with E-state index in [2.05, 4.69) is 24.9 Å². The van der Waals surface area contributed by atoms with Gasteiger partial charge in [0.2, 0.25) is 0 Å². The van der Waals surface area contributed by atoms with E-state index >= 15 is 0 Å². The molecule has 4 rings (SSSR count). The third-order valence-electron chi connectivity index (χ3n) is 5.84. The molecule has 0 aliphatic carbocycles. The fourth-order valence-corrected chi connectivity index (χ4v) is 4.11. The van der Waals surface area contributed by atoms with Crippen molar-refractivity contribution in [2.24, 2.45) is 5.92 Å². The summed E-state index contributed by atoms with van der Waals surface area (Å²) in [5.41, 5.74) is 2.60. The van der Waals surface area contributed by atoms with Gasteiger partial charge in [-0.25, -0.2) is 0 Å². The van der Waals surface area contributed by atoms with Gasteiger partial charge in [-0.15, -0.1) is 0 Å². The summed E-state index contributed by atoms with van der Waals surface area (Å²) in [6.45, 7) is 7.45. The lowest BCUT2D eigenvalue weighted by Crippen LogP contribution is -2.22. The average Bonchev–Trinajstić information content (AvgIpc) is 2.79. The minimum atomic E-state index is -0.0362. The third-order valence-corrected chi connectivity index (χ3v) is 5.84. The first-order valence-electron chi connectivity index (χ1n) is 11.2. The molecule has 5 heteroatoms. The normalized spacial score (nSPS) is 11.4. The minimum absolute atomic E-state index is 0.0362. The van der Waals surface area contributed by atoms with Gasteiger partial charge in [-0.2, -0.15) is 0 Å². The molecule has 2 heterocycles. The molecular formula is C27H30N2O3. The number of ether oxygens (including phenoxy) is 2. The molecule has 0 aliphatic heterocycles. The van der Waals surface area contributed by atoms with Gasteiger partial charge in [0, 0.05) is 17.6 Å². The van der Waals surface area contributed by atoms with Gasteiger partial charge in [0.05, 0.1) is 36.9 Å². The van der Waals surface area contributed by atoms with Gasteiger partial charge in [-0.3, -0.25) is 9.78 Å². The maximum Gasteiger partial charge on any atom is 0.261 e. The predicted molar refractivity (Wildman–Crippen MR) is 130 cm³/mol. The highest BCUT2D eigenvalue weighted by Gasteiger charge is 2.14. The van der Waals surface area contributed by atoms with Crippen LogP contribution in [0.15, 0.2) is 59.5 Å². The average molecular weight is 431 g/mol. The van der Waals surface area contributed by atoms with Gasteiger partial charge in [-0.05, 0) is 67.0 Å². The van der Waals surface area contributed by atoms with E-state index in [-0.39, 0.29) is 5.56 Å². The molecule has 0 aliphatic rings. The van der Waals surface area contributed by atoms with Crippen LogP contribution in [0.1, 0.15) is 37.9 Å². The molecule has 0 spiro atoms. The number of fused-ring (bicyclic) bond motifs is 3. The van der Waals surface area contributed by atoms with Gasteiger partial charge in [-0.1, -0.05) is 26.0 Å². The van der Waals surface area contributed by atoms with Crippen molar-refractivity contribution in [2.75, 3.05) is 13.7 Å². The Balaban J connectivity index is 1.81. The Hall–Kier alpha value is -3.34. The number of methoxy groups -OCH3 is 1. The van der Waals surface area contributed by atoms with E-state index < -0.39 is 0 Å². The van der Waals surface area contributed by atoms with Gasteiger partial charge in [0.1, 0.15) is 11.5 Å². The van der Waals surface area contributed by atoms with Crippen LogP contribution in [-0.4, -0.2) is 23.3 Å². The number of rotatable bonds is 8. The van der Waals surface area contributed by atoms with Crippen molar-refractivity contribution in [3.63, 3.8) is 0 Å². The molecule has 166 valence electrons. The van der Waals surface area contributed by atoms with Gasteiger partial charge < -0.3 is 14.0 Å². The zero-order valence-electron chi connectivity index (χ0n) is 19.2. The summed E-state index contributed by atoms with van der Waals surface area (Å²) in [7, 11) is 1.65. The second-order valence-corrected chi connectivity index (χ2v) is 8.62. The second kappa shape index (κ2) is 9.43. The molecule has 0 saturated heterocycles. The number of benzene rings is 2. The van der Waals surface area contributed by atoms with Gasteiger partial charge >= 0.3 is 0 Å². The molecule has 4 aromatic rings. The van der Waals surface area contributed by atoms with Crippen LogP contribution in [-0.2, 0) is 6.54 Å². The largest absolute Gasteiger partial charge is 0.497 e. The molecule has 0 amide bonds. The highest BCUT2D eigenvalue weighted by atomic mass is 16.5. The summed E-state index contributed by atoms with van der Waals surface area (Å²) in [5, 5.41) is 2.61. The van der Waals surface area contributed by atoms with Crippen LogP contribution in [0, 0.1) is 12.8 Å². The quantitative estimate of drug-likeness (QED) is 0.265. The van der Waals surface area contributed by atoms with Crippen molar-refractivity contribution in [3.8, 4) is 11.5 Å². The molecule has 0 radical (unpaired) electrons. The highest BCUT2D eigenvalue weighted by Crippen LogP contribution is 2.28. The maximum absolute atomic E-state index is 13.6. The Labute approximate surface area is 188 Å². The lowest BCUT2D eigenvalue weighted by molar-refractivity contribution is 0.298. The zero-order chi connectivity index (χ0) is 22.7. The topological polar surface area (TPSA) is 53.4 Å². The molecule has 2 aromatic heterocycles. The van der Waals surface area contributed by atoms with Crippen molar-refractivity contribution in [1.82, 2.24) is 9.55 Å². The number of nitrogens with zero attached hydrogens (tertiary/aromatic N) is 2. The Kier molecular flexibility index (Phi) is 6.45. The Morgan fingerprint density at radius 1 is 1.00 bits per heavy atom. The standard InChI is InChI=1S/C27H30N2O3/c1-18(2)6-5-15-32-22-11-12-23-24-13-14-28-19(3)26(24)27(30)29(25(23)16-22)17-20-7-9-21(31-4)10-8-20/h7-14,16,18H,5-6,15,17H2,1-4H3. The summed E-state index contributed by atoms with van der Waals surface area (Å²) < 4.78 is 13.1. The van der Waals surface area contributed by atoms with Crippen LogP contribution in [0.5, 0.6) is 11.5 Å². The molecule has 0 N–H and O–H groups in total. The fourth-order valence-electron chi connectivity index (χ4n) is 4.11. The third kappa shape index (κ3) is 4.47. The lowest BCUT2D eigenvalue weighted by atomic mass is 10.0. The Morgan fingerprint density at radius 3 is 2.47 bits per heavy atom. The van der Waals surface area contributed by atoms with Crippen molar-refractivity contribution in [2.45, 2.75) is 40.2 Å². The number of aryl methyl sites for hydroxylation is 1. The summed E-state index contributed by atoms with van der Waals surface area (Å²) in [6.07, 6.45) is 3.91. The van der Waals surface area contributed by atoms with Gasteiger partial charge in [0.25, 0.3) is 5.56 Å². The van der Waals surface area contributed by atoms with Crippen LogP contribution in [0.3, 0.4) is 0 Å². The van der Waals surface area contributed by atoms with E-state index in [9.17, 15) is 4.79 Å². The molecule has 0 saturated carbocycles. The summed E-state index contributed by atoms with van der Waals surface area (Å²) in [5.74, 6) is 2.24. The zero-order valence-corrected chi connectivity index (χ0v) is 19.2. The summed E-state index contributed by atoms with van der Waals surface area (Å²) in [4.78, 5) is 18.0. The first-order chi connectivity index (χ1) is 15.5. The van der Waals surface area contributed by atoms with Crippen LogP contribution >= 0.6 is 0 Å². The molecule has 2 aromatic carbocycles. The summed E-state index contributed by atoms with van der Waals surface area (Å²) >= 11 is 0. The van der Waals surface area contributed by atoms with E-state index in [4.69, 9.17) is 9.47 Å². The molecule has 0 fully saturated rings. The second-order valence-electron chi connectivity index (χ2n) is 8.62. The first kappa shape index (κ1) is 21.9. The SMILES string of the molecule is COc1ccc(Cn2c(=O)c3c(C)nccc3c3ccc(OCCCC(C)C)cc32)cc1. The number of hydrogen-bond donors (Lipinski definition) is 0. The van der Waals surface area contributed by atoms with E-state index in [1.807, 2.05) is 54.0 Å². The summed E-state index contributed by atoms with van der Waals surface area (Å²) in [6, 6.07) is 15.8. The van der Waals surface area contributed by atoms with E-state index in [1.165, 1.54) is 0 Å². The van der Waals surface area contributed by atoms with Crippen LogP contribution in [0.25, 0.3) is 21.7 Å². The highest BCUT2D eigenvalue weighted by molar-refractivity contribution is 6.06. The van der Waals surface area contributed by atoms with E-state index in [1.54, 1.807) is 13.3 Å². The number of pyridine rings is 2. The van der Waals surface area contributed by atoms with Crippen molar-refractivity contribution in [3.05, 3.63) is 76.3 Å². The van der Waals surface area contributed by atoms with Crippen molar-refractivity contribution < 1.29 is 9.47 Å². The molecule has 0 bridgehead atoms. The van der Waals surface area contributed by atoms with Crippen LogP contribution < -0.4 is 15.0 Å². The molecule has 0 unspecified atom stereocenters.